The van der Waals surface area contributed by atoms with Gasteiger partial charge in [-0.25, -0.2) is 0 Å². The van der Waals surface area contributed by atoms with Gasteiger partial charge in [0.1, 0.15) is 0 Å². The van der Waals surface area contributed by atoms with E-state index in [0.29, 0.717) is 5.41 Å². The van der Waals surface area contributed by atoms with Crippen LogP contribution in [0.2, 0.25) is 0 Å². The molecule has 0 saturated carbocycles. The van der Waals surface area contributed by atoms with Crippen molar-refractivity contribution in [3.63, 3.8) is 0 Å². The molecule has 0 amide bonds. The van der Waals surface area contributed by atoms with E-state index in [-0.39, 0.29) is 5.54 Å². The summed E-state index contributed by atoms with van der Waals surface area (Å²) in [5.74, 6) is 0. The maximum atomic E-state index is 4.68. The first-order valence-corrected chi connectivity index (χ1v) is 4.40. The molecule has 0 bridgehead atoms. The molecule has 1 heterocycles. The highest BCUT2D eigenvalue weighted by Crippen LogP contribution is 2.41. The summed E-state index contributed by atoms with van der Waals surface area (Å²) in [5, 5.41) is 0. The molecule has 0 aromatic carbocycles. The summed E-state index contributed by atoms with van der Waals surface area (Å²) in [6, 6.07) is 0. The number of nitrogens with zero attached hydrogens (tertiary/aromatic N) is 1. The van der Waals surface area contributed by atoms with E-state index in [1.807, 2.05) is 0 Å². The fourth-order valence-corrected chi connectivity index (χ4v) is 1.48. The van der Waals surface area contributed by atoms with Crippen LogP contribution in [0.25, 0.3) is 0 Å². The second-order valence-corrected chi connectivity index (χ2v) is 4.79. The summed E-state index contributed by atoms with van der Waals surface area (Å²) in [4.78, 5) is 4.68. The molecule has 0 spiro atoms. The molecule has 0 aromatic rings. The lowest BCUT2D eigenvalue weighted by atomic mass is 9.69. The number of rotatable bonds is 0. The Hall–Kier alpha value is -0.330. The fraction of sp³-hybridized carbons (Fsp3) is 0.900. The first-order valence-electron chi connectivity index (χ1n) is 4.40. The average molecular weight is 153 g/mol. The quantitative estimate of drug-likeness (QED) is 0.507. The highest BCUT2D eigenvalue weighted by Gasteiger charge is 2.38. The summed E-state index contributed by atoms with van der Waals surface area (Å²) < 4.78 is 0. The average Bonchev–Trinajstić information content (AvgIpc) is 1.80. The Kier molecular flexibility index (Phi) is 1.85. The van der Waals surface area contributed by atoms with Crippen LogP contribution < -0.4 is 0 Å². The van der Waals surface area contributed by atoms with Gasteiger partial charge in [0.15, 0.2) is 0 Å². The van der Waals surface area contributed by atoms with Crippen LogP contribution in [-0.4, -0.2) is 11.3 Å². The normalized spacial score (nSPS) is 27.9. The van der Waals surface area contributed by atoms with Crippen LogP contribution in [0.1, 0.15) is 47.5 Å². The van der Waals surface area contributed by atoms with Gasteiger partial charge >= 0.3 is 0 Å². The molecule has 1 aliphatic rings. The Balaban J connectivity index is 2.95. The third-order valence-electron chi connectivity index (χ3n) is 3.24. The van der Waals surface area contributed by atoms with E-state index in [1.165, 1.54) is 18.6 Å². The van der Waals surface area contributed by atoms with E-state index in [2.05, 4.69) is 39.6 Å². The summed E-state index contributed by atoms with van der Waals surface area (Å²) in [6.45, 7) is 11.2. The zero-order valence-corrected chi connectivity index (χ0v) is 8.36. The molecule has 64 valence electrons. The molecule has 0 radical (unpaired) electrons. The van der Waals surface area contributed by atoms with Gasteiger partial charge < -0.3 is 0 Å². The van der Waals surface area contributed by atoms with Crippen LogP contribution >= 0.6 is 0 Å². The van der Waals surface area contributed by atoms with Crippen LogP contribution in [0.15, 0.2) is 4.99 Å². The van der Waals surface area contributed by atoms with Crippen molar-refractivity contribution in [1.82, 2.24) is 0 Å². The minimum absolute atomic E-state index is 0.134. The largest absolute Gasteiger partial charge is 0.288 e. The summed E-state index contributed by atoms with van der Waals surface area (Å²) in [5.41, 5.74) is 1.82. The van der Waals surface area contributed by atoms with Crippen LogP contribution in [0, 0.1) is 5.41 Å². The monoisotopic (exact) mass is 153 g/mol. The Morgan fingerprint density at radius 1 is 1.18 bits per heavy atom. The lowest BCUT2D eigenvalue weighted by Crippen LogP contribution is -2.41. The molecule has 0 N–H and O–H groups in total. The van der Waals surface area contributed by atoms with E-state index < -0.39 is 0 Å². The van der Waals surface area contributed by atoms with E-state index in [4.69, 9.17) is 0 Å². The summed E-state index contributed by atoms with van der Waals surface area (Å²) >= 11 is 0. The zero-order chi connectivity index (χ0) is 8.70. The van der Waals surface area contributed by atoms with Gasteiger partial charge in [-0.15, -0.1) is 0 Å². The van der Waals surface area contributed by atoms with Crippen LogP contribution in [-0.2, 0) is 0 Å². The third kappa shape index (κ3) is 1.47. The first kappa shape index (κ1) is 8.76. The first-order chi connectivity index (χ1) is 4.85. The molecule has 1 nitrogen and oxygen atoms in total. The molecule has 0 fully saturated rings. The molecule has 1 rings (SSSR count). The molecule has 1 aliphatic heterocycles. The standard InChI is InChI=1S/C10H19N/c1-8-6-7-9(2,3)10(4,5)11-8/h6-7H2,1-5H3. The summed E-state index contributed by atoms with van der Waals surface area (Å²) in [6.07, 6.45) is 2.45. The Bertz CT molecular complexity index is 187. The van der Waals surface area contributed by atoms with Crippen LogP contribution in [0.5, 0.6) is 0 Å². The third-order valence-corrected chi connectivity index (χ3v) is 3.24. The van der Waals surface area contributed by atoms with E-state index in [0.717, 1.165) is 0 Å². The van der Waals surface area contributed by atoms with Crippen molar-refractivity contribution >= 4 is 5.71 Å². The molecular weight excluding hydrogens is 134 g/mol. The topological polar surface area (TPSA) is 12.4 Å². The number of aliphatic imine (C=N–C) groups is 1. The van der Waals surface area contributed by atoms with Crippen molar-refractivity contribution in [2.24, 2.45) is 10.4 Å². The predicted octanol–water partition coefficient (Wildman–Crippen LogP) is 3.05. The molecule has 0 aliphatic carbocycles. The van der Waals surface area contributed by atoms with Gasteiger partial charge in [-0.05, 0) is 39.0 Å². The van der Waals surface area contributed by atoms with Crippen LogP contribution in [0.4, 0.5) is 0 Å². The van der Waals surface area contributed by atoms with Crippen molar-refractivity contribution < 1.29 is 0 Å². The minimum atomic E-state index is 0.134. The Morgan fingerprint density at radius 3 is 2.09 bits per heavy atom. The van der Waals surface area contributed by atoms with Gasteiger partial charge in [-0.3, -0.25) is 4.99 Å². The minimum Gasteiger partial charge on any atom is -0.288 e. The van der Waals surface area contributed by atoms with E-state index in [9.17, 15) is 0 Å². The predicted molar refractivity (Wildman–Crippen MR) is 50.2 cm³/mol. The Labute approximate surface area is 69.9 Å². The molecule has 11 heavy (non-hydrogen) atoms. The zero-order valence-electron chi connectivity index (χ0n) is 8.36. The SMILES string of the molecule is CC1=NC(C)(C)C(C)(C)CC1. The number of hydrogen-bond acceptors (Lipinski definition) is 1. The lowest BCUT2D eigenvalue weighted by Gasteiger charge is -2.42. The van der Waals surface area contributed by atoms with Gasteiger partial charge in [0, 0.05) is 5.71 Å². The highest BCUT2D eigenvalue weighted by atomic mass is 14.9. The van der Waals surface area contributed by atoms with Gasteiger partial charge in [-0.1, -0.05) is 13.8 Å². The van der Waals surface area contributed by atoms with Gasteiger partial charge in [-0.2, -0.15) is 0 Å². The second kappa shape index (κ2) is 2.33. The maximum Gasteiger partial charge on any atom is 0.0602 e. The molecule has 0 unspecified atom stereocenters. The lowest BCUT2D eigenvalue weighted by molar-refractivity contribution is 0.180. The van der Waals surface area contributed by atoms with Crippen LogP contribution in [0.3, 0.4) is 0 Å². The molecule has 0 saturated heterocycles. The second-order valence-electron chi connectivity index (χ2n) is 4.79. The molecule has 0 aromatic heterocycles. The Morgan fingerprint density at radius 2 is 1.73 bits per heavy atom. The maximum absolute atomic E-state index is 4.68. The van der Waals surface area contributed by atoms with Gasteiger partial charge in [0.05, 0.1) is 5.54 Å². The van der Waals surface area contributed by atoms with Crippen molar-refractivity contribution in [1.29, 1.82) is 0 Å². The van der Waals surface area contributed by atoms with Crippen molar-refractivity contribution in [2.75, 3.05) is 0 Å². The van der Waals surface area contributed by atoms with E-state index in [1.54, 1.807) is 0 Å². The molecular formula is C10H19N. The molecule has 1 heteroatoms. The summed E-state index contributed by atoms with van der Waals surface area (Å²) in [7, 11) is 0. The smallest absolute Gasteiger partial charge is 0.0602 e. The highest BCUT2D eigenvalue weighted by molar-refractivity contribution is 5.83. The molecule has 0 atom stereocenters. The van der Waals surface area contributed by atoms with Crippen molar-refractivity contribution in [3.8, 4) is 0 Å². The fourth-order valence-electron chi connectivity index (χ4n) is 1.48. The van der Waals surface area contributed by atoms with Gasteiger partial charge in [0.2, 0.25) is 0 Å². The van der Waals surface area contributed by atoms with E-state index >= 15 is 0 Å². The van der Waals surface area contributed by atoms with Gasteiger partial charge in [0.25, 0.3) is 0 Å². The van der Waals surface area contributed by atoms with Crippen molar-refractivity contribution in [3.05, 3.63) is 0 Å². The van der Waals surface area contributed by atoms with Crippen molar-refractivity contribution in [2.45, 2.75) is 53.0 Å². The number of hydrogen-bond donors (Lipinski definition) is 0.